The van der Waals surface area contributed by atoms with Gasteiger partial charge in [-0.3, -0.25) is 0 Å². The molecule has 122 valence electrons. The van der Waals surface area contributed by atoms with E-state index in [2.05, 4.69) is 31.1 Å². The van der Waals surface area contributed by atoms with E-state index < -0.39 is 0 Å². The van der Waals surface area contributed by atoms with Crippen molar-refractivity contribution in [3.8, 4) is 0 Å². The summed E-state index contributed by atoms with van der Waals surface area (Å²) in [6.45, 7) is 13.8. The Hall–Kier alpha value is -1.87. The van der Waals surface area contributed by atoms with E-state index in [1.165, 1.54) is 6.42 Å². The SMILES string of the molecule is C=C/C=C\C(=C/C)NC(=S)Nc1ccccc1.CC.CCC. The first-order valence-electron chi connectivity index (χ1n) is 7.76. The summed E-state index contributed by atoms with van der Waals surface area (Å²) in [5, 5.41) is 6.77. The van der Waals surface area contributed by atoms with Gasteiger partial charge in [0.2, 0.25) is 0 Å². The molecule has 0 saturated heterocycles. The zero-order chi connectivity index (χ0) is 17.2. The summed E-state index contributed by atoms with van der Waals surface area (Å²) in [4.78, 5) is 0. The van der Waals surface area contributed by atoms with Gasteiger partial charge in [0.05, 0.1) is 0 Å². The highest BCUT2D eigenvalue weighted by molar-refractivity contribution is 7.80. The number of benzene rings is 1. The van der Waals surface area contributed by atoms with Crippen molar-refractivity contribution in [1.82, 2.24) is 5.32 Å². The van der Waals surface area contributed by atoms with Gasteiger partial charge in [0, 0.05) is 11.4 Å². The molecule has 1 aromatic carbocycles. The molecule has 2 nitrogen and oxygen atoms in total. The van der Waals surface area contributed by atoms with Crippen LogP contribution in [0.2, 0.25) is 0 Å². The van der Waals surface area contributed by atoms with Crippen molar-refractivity contribution in [2.75, 3.05) is 5.32 Å². The minimum Gasteiger partial charge on any atom is -0.333 e. The third-order valence-corrected chi connectivity index (χ3v) is 2.22. The van der Waals surface area contributed by atoms with Crippen molar-refractivity contribution < 1.29 is 0 Å². The Morgan fingerprint density at radius 1 is 1.18 bits per heavy atom. The summed E-state index contributed by atoms with van der Waals surface area (Å²) in [6, 6.07) is 9.80. The van der Waals surface area contributed by atoms with Crippen LogP contribution in [0.25, 0.3) is 0 Å². The molecule has 0 saturated carbocycles. The van der Waals surface area contributed by atoms with E-state index in [9.17, 15) is 0 Å². The van der Waals surface area contributed by atoms with E-state index in [0.717, 1.165) is 11.4 Å². The molecule has 0 bridgehead atoms. The monoisotopic (exact) mass is 318 g/mol. The molecular weight excluding hydrogens is 288 g/mol. The highest BCUT2D eigenvalue weighted by Crippen LogP contribution is 2.05. The minimum absolute atomic E-state index is 0.568. The third-order valence-electron chi connectivity index (χ3n) is 2.01. The predicted molar refractivity (Wildman–Crippen MR) is 106 cm³/mol. The second-order valence-electron chi connectivity index (χ2n) is 3.99. The molecule has 1 rings (SSSR count). The lowest BCUT2D eigenvalue weighted by atomic mass is 10.3. The van der Waals surface area contributed by atoms with Gasteiger partial charge in [-0.2, -0.15) is 0 Å². The lowest BCUT2D eigenvalue weighted by Gasteiger charge is -2.10. The fourth-order valence-corrected chi connectivity index (χ4v) is 1.43. The Morgan fingerprint density at radius 2 is 1.73 bits per heavy atom. The molecule has 0 aliphatic rings. The number of rotatable bonds is 4. The molecule has 0 amide bonds. The van der Waals surface area contributed by atoms with Crippen molar-refractivity contribution in [1.29, 1.82) is 0 Å². The Bertz CT molecular complexity index is 448. The van der Waals surface area contributed by atoms with Gasteiger partial charge in [-0.15, -0.1) is 0 Å². The third kappa shape index (κ3) is 13.1. The normalized spacial score (nSPS) is 9.77. The van der Waals surface area contributed by atoms with Gasteiger partial charge in [0.15, 0.2) is 5.11 Å². The van der Waals surface area contributed by atoms with Gasteiger partial charge in [0.25, 0.3) is 0 Å². The highest BCUT2D eigenvalue weighted by atomic mass is 32.1. The molecule has 0 aliphatic carbocycles. The van der Waals surface area contributed by atoms with Crippen LogP contribution in [0.15, 0.2) is 66.9 Å². The molecule has 3 heteroatoms. The molecule has 0 heterocycles. The molecule has 0 radical (unpaired) electrons. The molecule has 0 spiro atoms. The predicted octanol–water partition coefficient (Wildman–Crippen LogP) is 6.06. The smallest absolute Gasteiger partial charge is 0.175 e. The van der Waals surface area contributed by atoms with E-state index >= 15 is 0 Å². The van der Waals surface area contributed by atoms with E-state index in [1.54, 1.807) is 6.08 Å². The van der Waals surface area contributed by atoms with Crippen LogP contribution in [0.3, 0.4) is 0 Å². The van der Waals surface area contributed by atoms with Crippen molar-refractivity contribution in [2.24, 2.45) is 0 Å². The molecule has 0 atom stereocenters. The Morgan fingerprint density at radius 3 is 2.18 bits per heavy atom. The largest absolute Gasteiger partial charge is 0.333 e. The van der Waals surface area contributed by atoms with Crippen LogP contribution in [0.4, 0.5) is 5.69 Å². The number of hydrogen-bond donors (Lipinski definition) is 2. The second-order valence-corrected chi connectivity index (χ2v) is 4.40. The quantitative estimate of drug-likeness (QED) is 0.521. The summed E-state index contributed by atoms with van der Waals surface area (Å²) in [7, 11) is 0. The van der Waals surface area contributed by atoms with E-state index in [-0.39, 0.29) is 0 Å². The summed E-state index contributed by atoms with van der Waals surface area (Å²) >= 11 is 5.21. The summed E-state index contributed by atoms with van der Waals surface area (Å²) < 4.78 is 0. The lowest BCUT2D eigenvalue weighted by Crippen LogP contribution is -2.27. The number of allylic oxidation sites excluding steroid dienone is 4. The van der Waals surface area contributed by atoms with Crippen LogP contribution >= 0.6 is 12.2 Å². The summed E-state index contributed by atoms with van der Waals surface area (Å²) in [6.07, 6.45) is 8.68. The van der Waals surface area contributed by atoms with E-state index in [4.69, 9.17) is 12.2 Å². The van der Waals surface area contributed by atoms with Crippen LogP contribution in [-0.4, -0.2) is 5.11 Å². The average molecular weight is 319 g/mol. The van der Waals surface area contributed by atoms with Crippen molar-refractivity contribution >= 4 is 23.0 Å². The van der Waals surface area contributed by atoms with Gasteiger partial charge >= 0.3 is 0 Å². The Kier molecular flexibility index (Phi) is 17.5. The minimum atomic E-state index is 0.568. The van der Waals surface area contributed by atoms with Crippen LogP contribution in [0.5, 0.6) is 0 Å². The zero-order valence-corrected chi connectivity index (χ0v) is 15.3. The van der Waals surface area contributed by atoms with Crippen LogP contribution < -0.4 is 10.6 Å². The lowest BCUT2D eigenvalue weighted by molar-refractivity contribution is 1.09. The topological polar surface area (TPSA) is 24.1 Å². The first-order chi connectivity index (χ1) is 10.7. The molecular formula is C19H30N2S. The second kappa shape index (κ2) is 17.2. The summed E-state index contributed by atoms with van der Waals surface area (Å²) in [5.41, 5.74) is 1.89. The number of nitrogens with one attached hydrogen (secondary N) is 2. The maximum Gasteiger partial charge on any atom is 0.175 e. The van der Waals surface area contributed by atoms with Crippen molar-refractivity contribution in [3.05, 3.63) is 66.9 Å². The van der Waals surface area contributed by atoms with E-state index in [1.807, 2.05) is 69.3 Å². The Labute approximate surface area is 142 Å². The number of thiocarbonyl (C=S) groups is 1. The molecule has 0 aromatic heterocycles. The van der Waals surface area contributed by atoms with Gasteiger partial charge in [-0.05, 0) is 37.4 Å². The van der Waals surface area contributed by atoms with Crippen LogP contribution in [-0.2, 0) is 0 Å². The first kappa shape index (κ1) is 22.4. The first-order valence-corrected chi connectivity index (χ1v) is 8.17. The number of hydrogen-bond acceptors (Lipinski definition) is 1. The zero-order valence-electron chi connectivity index (χ0n) is 14.5. The van der Waals surface area contributed by atoms with Crippen molar-refractivity contribution in [3.63, 3.8) is 0 Å². The molecule has 0 unspecified atom stereocenters. The van der Waals surface area contributed by atoms with Crippen LogP contribution in [0, 0.1) is 0 Å². The van der Waals surface area contributed by atoms with Gasteiger partial charge < -0.3 is 10.6 Å². The molecule has 0 fully saturated rings. The molecule has 0 aliphatic heterocycles. The van der Waals surface area contributed by atoms with E-state index in [0.29, 0.717) is 5.11 Å². The maximum absolute atomic E-state index is 5.21. The molecule has 22 heavy (non-hydrogen) atoms. The summed E-state index contributed by atoms with van der Waals surface area (Å²) in [5.74, 6) is 0. The highest BCUT2D eigenvalue weighted by Gasteiger charge is 1.97. The Balaban J connectivity index is 0. The average Bonchev–Trinajstić information content (AvgIpc) is 2.55. The fourth-order valence-electron chi connectivity index (χ4n) is 1.20. The van der Waals surface area contributed by atoms with Gasteiger partial charge in [0.1, 0.15) is 0 Å². The van der Waals surface area contributed by atoms with Gasteiger partial charge in [-0.1, -0.05) is 77.1 Å². The van der Waals surface area contributed by atoms with Crippen LogP contribution in [0.1, 0.15) is 41.0 Å². The molecule has 1 aromatic rings. The van der Waals surface area contributed by atoms with Crippen molar-refractivity contribution in [2.45, 2.75) is 41.0 Å². The van der Waals surface area contributed by atoms with Gasteiger partial charge in [-0.25, -0.2) is 0 Å². The standard InChI is InChI=1S/C14H16N2S.C3H8.C2H6/c1-3-5-9-12(4-2)15-14(17)16-13-10-7-6-8-11-13;1-3-2;1-2/h3-11H,1H2,2H3,(H2,15,16,17);3H2,1-2H3;1-2H3/b9-5-,12-4+;;. The molecule has 2 N–H and O–H groups in total. The fraction of sp³-hybridized carbons (Fsp3) is 0.316. The number of para-hydroxylation sites is 1. The number of anilines is 1. The maximum atomic E-state index is 5.21.